The Labute approximate surface area is 161 Å². The molecule has 26 heavy (non-hydrogen) atoms. The molecule has 0 saturated heterocycles. The third kappa shape index (κ3) is 4.73. The number of nitrogens with zero attached hydrogens (tertiary/aromatic N) is 1. The monoisotopic (exact) mass is 370 g/mol. The lowest BCUT2D eigenvalue weighted by Gasteiger charge is -2.27. The van der Waals surface area contributed by atoms with Gasteiger partial charge in [0.05, 0.1) is 5.69 Å². The van der Waals surface area contributed by atoms with Crippen LogP contribution in [-0.2, 0) is 4.79 Å². The van der Waals surface area contributed by atoms with Crippen LogP contribution in [0.15, 0.2) is 24.3 Å². The predicted molar refractivity (Wildman–Crippen MR) is 111 cm³/mol. The fourth-order valence-electron chi connectivity index (χ4n) is 3.84. The number of nitrogens with one attached hydrogen (secondary N) is 1. The van der Waals surface area contributed by atoms with E-state index in [1.165, 1.54) is 37.7 Å². The highest BCUT2D eigenvalue weighted by Crippen LogP contribution is 2.34. The number of aromatic nitrogens is 1. The Balaban J connectivity index is 1.58. The topological polar surface area (TPSA) is 42.0 Å². The SMILES string of the molecule is CCCCC1CCC(C(=O)Nc2nc(-c3ccc(C)cc3)c(C)s2)CC1. The Bertz CT molecular complexity index is 727. The van der Waals surface area contributed by atoms with Crippen molar-refractivity contribution in [2.24, 2.45) is 11.8 Å². The van der Waals surface area contributed by atoms with Crippen molar-refractivity contribution in [3.05, 3.63) is 34.7 Å². The van der Waals surface area contributed by atoms with Crippen molar-refractivity contribution in [1.29, 1.82) is 0 Å². The summed E-state index contributed by atoms with van der Waals surface area (Å²) in [5.74, 6) is 1.14. The Morgan fingerprint density at radius 1 is 1.15 bits per heavy atom. The van der Waals surface area contributed by atoms with Gasteiger partial charge >= 0.3 is 0 Å². The molecule has 140 valence electrons. The zero-order valence-electron chi connectivity index (χ0n) is 16.2. The lowest BCUT2D eigenvalue weighted by atomic mass is 9.79. The minimum absolute atomic E-state index is 0.153. The highest BCUT2D eigenvalue weighted by molar-refractivity contribution is 7.16. The lowest BCUT2D eigenvalue weighted by molar-refractivity contribution is -0.121. The zero-order valence-corrected chi connectivity index (χ0v) is 17.0. The fraction of sp³-hybridized carbons (Fsp3) is 0.545. The molecule has 1 N–H and O–H groups in total. The molecular formula is C22H30N2OS. The average Bonchev–Trinajstić information content (AvgIpc) is 3.01. The Morgan fingerprint density at radius 2 is 1.85 bits per heavy atom. The number of hydrogen-bond acceptors (Lipinski definition) is 3. The minimum Gasteiger partial charge on any atom is -0.302 e. The smallest absolute Gasteiger partial charge is 0.229 e. The number of carbonyl (C=O) groups excluding carboxylic acids is 1. The number of thiazole rings is 1. The number of aryl methyl sites for hydroxylation is 2. The van der Waals surface area contributed by atoms with Crippen molar-refractivity contribution >= 4 is 22.4 Å². The molecule has 0 atom stereocenters. The standard InChI is InChI=1S/C22H30N2OS/c1-4-5-6-17-9-13-19(14-10-17)21(25)24-22-23-20(16(3)26-22)18-11-7-15(2)8-12-18/h7-8,11-12,17,19H,4-6,9-10,13-14H2,1-3H3,(H,23,24,25). The summed E-state index contributed by atoms with van der Waals surface area (Å²) < 4.78 is 0. The molecule has 1 aliphatic carbocycles. The minimum atomic E-state index is 0.153. The summed E-state index contributed by atoms with van der Waals surface area (Å²) in [6.07, 6.45) is 8.36. The molecule has 1 heterocycles. The van der Waals surface area contributed by atoms with E-state index in [0.29, 0.717) is 0 Å². The summed E-state index contributed by atoms with van der Waals surface area (Å²) in [5, 5.41) is 3.81. The number of unbranched alkanes of at least 4 members (excludes halogenated alkanes) is 1. The van der Waals surface area contributed by atoms with E-state index in [-0.39, 0.29) is 11.8 Å². The summed E-state index contributed by atoms with van der Waals surface area (Å²) >= 11 is 1.57. The second-order valence-corrected chi connectivity index (χ2v) is 8.84. The van der Waals surface area contributed by atoms with Gasteiger partial charge in [-0.3, -0.25) is 4.79 Å². The van der Waals surface area contributed by atoms with E-state index < -0.39 is 0 Å². The molecule has 1 amide bonds. The van der Waals surface area contributed by atoms with Crippen molar-refractivity contribution in [3.63, 3.8) is 0 Å². The summed E-state index contributed by atoms with van der Waals surface area (Å²) in [5.41, 5.74) is 3.33. The van der Waals surface area contributed by atoms with Gasteiger partial charge in [-0.2, -0.15) is 0 Å². The molecule has 1 aromatic carbocycles. The Hall–Kier alpha value is -1.68. The van der Waals surface area contributed by atoms with Gasteiger partial charge in [-0.25, -0.2) is 4.98 Å². The molecule has 3 nitrogen and oxygen atoms in total. The first-order valence-electron chi connectivity index (χ1n) is 9.92. The van der Waals surface area contributed by atoms with Gasteiger partial charge in [0.2, 0.25) is 5.91 Å². The highest BCUT2D eigenvalue weighted by Gasteiger charge is 2.26. The summed E-state index contributed by atoms with van der Waals surface area (Å²) in [7, 11) is 0. The van der Waals surface area contributed by atoms with E-state index >= 15 is 0 Å². The lowest BCUT2D eigenvalue weighted by Crippen LogP contribution is -2.27. The van der Waals surface area contributed by atoms with Gasteiger partial charge < -0.3 is 5.32 Å². The van der Waals surface area contributed by atoms with E-state index in [4.69, 9.17) is 0 Å². The van der Waals surface area contributed by atoms with Gasteiger partial charge in [0.1, 0.15) is 0 Å². The zero-order chi connectivity index (χ0) is 18.5. The van der Waals surface area contributed by atoms with Crippen LogP contribution in [0.3, 0.4) is 0 Å². The van der Waals surface area contributed by atoms with E-state index in [1.807, 2.05) is 0 Å². The normalized spacial score (nSPS) is 20.1. The van der Waals surface area contributed by atoms with E-state index in [1.54, 1.807) is 11.3 Å². The number of amides is 1. The average molecular weight is 371 g/mol. The van der Waals surface area contributed by atoms with Gasteiger partial charge in [0.15, 0.2) is 5.13 Å². The van der Waals surface area contributed by atoms with Crippen LogP contribution in [0, 0.1) is 25.7 Å². The molecule has 0 bridgehead atoms. The largest absolute Gasteiger partial charge is 0.302 e. The molecule has 1 aromatic heterocycles. The Morgan fingerprint density at radius 3 is 2.50 bits per heavy atom. The molecule has 1 fully saturated rings. The van der Waals surface area contributed by atoms with E-state index in [2.05, 4.69) is 55.3 Å². The molecule has 3 rings (SSSR count). The van der Waals surface area contributed by atoms with Crippen molar-refractivity contribution < 1.29 is 4.79 Å². The predicted octanol–water partition coefficient (Wildman–Crippen LogP) is 6.36. The first kappa shape index (κ1) is 19.1. The quantitative estimate of drug-likeness (QED) is 0.642. The van der Waals surface area contributed by atoms with Crippen molar-refractivity contribution in [2.75, 3.05) is 5.32 Å². The van der Waals surface area contributed by atoms with Gasteiger partial charge in [-0.05, 0) is 45.4 Å². The van der Waals surface area contributed by atoms with Gasteiger partial charge in [0.25, 0.3) is 0 Å². The molecule has 0 unspecified atom stereocenters. The number of rotatable bonds is 6. The van der Waals surface area contributed by atoms with Gasteiger partial charge in [-0.1, -0.05) is 56.0 Å². The van der Waals surface area contributed by atoms with Crippen LogP contribution in [0.2, 0.25) is 0 Å². The third-order valence-corrected chi connectivity index (χ3v) is 6.42. The number of hydrogen-bond donors (Lipinski definition) is 1. The summed E-state index contributed by atoms with van der Waals surface area (Å²) in [6.45, 7) is 6.40. The van der Waals surface area contributed by atoms with E-state index in [9.17, 15) is 4.79 Å². The van der Waals surface area contributed by atoms with Crippen molar-refractivity contribution in [2.45, 2.75) is 65.7 Å². The van der Waals surface area contributed by atoms with Crippen molar-refractivity contribution in [3.8, 4) is 11.3 Å². The van der Waals surface area contributed by atoms with Crippen LogP contribution >= 0.6 is 11.3 Å². The Kier molecular flexibility index (Phi) is 6.47. The second-order valence-electron chi connectivity index (χ2n) is 7.64. The van der Waals surface area contributed by atoms with Crippen molar-refractivity contribution in [1.82, 2.24) is 4.98 Å². The van der Waals surface area contributed by atoms with Crippen LogP contribution in [0.1, 0.15) is 62.3 Å². The second kappa shape index (κ2) is 8.81. The maximum Gasteiger partial charge on any atom is 0.229 e. The summed E-state index contributed by atoms with van der Waals surface area (Å²) in [4.78, 5) is 18.5. The first-order valence-corrected chi connectivity index (χ1v) is 10.7. The molecule has 1 saturated carbocycles. The van der Waals surface area contributed by atoms with Gasteiger partial charge in [0, 0.05) is 16.4 Å². The van der Waals surface area contributed by atoms with Crippen LogP contribution in [0.25, 0.3) is 11.3 Å². The maximum atomic E-state index is 12.6. The fourth-order valence-corrected chi connectivity index (χ4v) is 4.68. The van der Waals surface area contributed by atoms with Gasteiger partial charge in [-0.15, -0.1) is 11.3 Å². The first-order chi connectivity index (χ1) is 12.6. The van der Waals surface area contributed by atoms with Crippen LogP contribution < -0.4 is 5.32 Å². The molecule has 1 aliphatic rings. The van der Waals surface area contributed by atoms with E-state index in [0.717, 1.165) is 40.0 Å². The molecular weight excluding hydrogens is 340 g/mol. The van der Waals surface area contributed by atoms with Crippen LogP contribution in [0.4, 0.5) is 5.13 Å². The molecule has 0 spiro atoms. The summed E-state index contributed by atoms with van der Waals surface area (Å²) in [6, 6.07) is 8.40. The highest BCUT2D eigenvalue weighted by atomic mass is 32.1. The number of anilines is 1. The molecule has 0 radical (unpaired) electrons. The molecule has 4 heteroatoms. The molecule has 0 aliphatic heterocycles. The number of carbonyl (C=O) groups is 1. The molecule has 2 aromatic rings. The maximum absolute atomic E-state index is 12.6. The third-order valence-electron chi connectivity index (χ3n) is 5.54. The van der Waals surface area contributed by atoms with Crippen LogP contribution in [-0.4, -0.2) is 10.9 Å². The number of benzene rings is 1. The van der Waals surface area contributed by atoms with Crippen LogP contribution in [0.5, 0.6) is 0 Å².